The van der Waals surface area contributed by atoms with Gasteiger partial charge in [0.15, 0.2) is 0 Å². The van der Waals surface area contributed by atoms with Crippen molar-refractivity contribution in [2.75, 3.05) is 31.1 Å². The van der Waals surface area contributed by atoms with E-state index in [-0.39, 0.29) is 5.91 Å². The predicted octanol–water partition coefficient (Wildman–Crippen LogP) is 3.41. The number of carbonyl (C=O) groups excluding carboxylic acids is 1. The van der Waals surface area contributed by atoms with Gasteiger partial charge in [0.1, 0.15) is 5.69 Å². The summed E-state index contributed by atoms with van der Waals surface area (Å²) in [6.07, 6.45) is 0. The van der Waals surface area contributed by atoms with Gasteiger partial charge in [-0.15, -0.1) is 11.3 Å². The molecule has 4 nitrogen and oxygen atoms in total. The minimum atomic E-state index is 0.00467. The molecule has 0 unspecified atom stereocenters. The van der Waals surface area contributed by atoms with Crippen molar-refractivity contribution in [1.29, 1.82) is 0 Å². The van der Waals surface area contributed by atoms with E-state index >= 15 is 0 Å². The summed E-state index contributed by atoms with van der Waals surface area (Å²) in [5, 5.41) is 2.89. The fourth-order valence-electron chi connectivity index (χ4n) is 2.33. The van der Waals surface area contributed by atoms with Gasteiger partial charge in [-0.05, 0) is 18.2 Å². The molecule has 7 heteroatoms. The van der Waals surface area contributed by atoms with Crippen molar-refractivity contribution in [3.63, 3.8) is 0 Å². The van der Waals surface area contributed by atoms with Crippen LogP contribution in [0.25, 0.3) is 0 Å². The van der Waals surface area contributed by atoms with Crippen LogP contribution >= 0.6 is 34.5 Å². The van der Waals surface area contributed by atoms with E-state index in [1.54, 1.807) is 17.0 Å². The van der Waals surface area contributed by atoms with Gasteiger partial charge in [-0.1, -0.05) is 23.2 Å². The fourth-order valence-corrected chi connectivity index (χ4v) is 3.15. The molecule has 0 aliphatic carbocycles. The van der Waals surface area contributed by atoms with Crippen LogP contribution in [0.2, 0.25) is 10.0 Å². The molecule has 0 radical (unpaired) electrons. The smallest absolute Gasteiger partial charge is 0.273 e. The number of thiazole rings is 1. The lowest BCUT2D eigenvalue weighted by Crippen LogP contribution is -2.48. The van der Waals surface area contributed by atoms with Gasteiger partial charge in [0.05, 0.1) is 15.6 Å². The van der Waals surface area contributed by atoms with Crippen molar-refractivity contribution in [3.8, 4) is 0 Å². The van der Waals surface area contributed by atoms with Crippen molar-refractivity contribution >= 4 is 46.1 Å². The molecular weight excluding hydrogens is 329 g/mol. The third-order valence-electron chi connectivity index (χ3n) is 3.49. The Balaban J connectivity index is 1.65. The zero-order valence-electron chi connectivity index (χ0n) is 11.1. The number of piperazine rings is 1. The van der Waals surface area contributed by atoms with Gasteiger partial charge >= 0.3 is 0 Å². The second-order valence-electron chi connectivity index (χ2n) is 4.75. The Morgan fingerprint density at radius 3 is 2.52 bits per heavy atom. The Hall–Kier alpha value is -1.30. The largest absolute Gasteiger partial charge is 0.368 e. The molecule has 2 heterocycles. The molecule has 21 heavy (non-hydrogen) atoms. The first-order valence-corrected chi connectivity index (χ1v) is 8.22. The van der Waals surface area contributed by atoms with Gasteiger partial charge in [-0.3, -0.25) is 4.79 Å². The van der Waals surface area contributed by atoms with E-state index in [0.29, 0.717) is 28.8 Å². The van der Waals surface area contributed by atoms with Gasteiger partial charge in [0, 0.05) is 37.2 Å². The molecule has 1 aliphatic heterocycles. The van der Waals surface area contributed by atoms with Crippen molar-refractivity contribution in [2.24, 2.45) is 0 Å². The number of anilines is 1. The summed E-state index contributed by atoms with van der Waals surface area (Å²) in [5.74, 6) is 0.00467. The molecule has 1 aliphatic rings. The number of benzene rings is 1. The molecule has 1 fully saturated rings. The summed E-state index contributed by atoms with van der Waals surface area (Å²) in [4.78, 5) is 20.3. The van der Waals surface area contributed by atoms with Crippen LogP contribution in [0.1, 0.15) is 10.5 Å². The second kappa shape index (κ2) is 6.22. The number of halogens is 2. The normalized spacial score (nSPS) is 15.3. The Morgan fingerprint density at radius 2 is 1.90 bits per heavy atom. The number of hydrogen-bond donors (Lipinski definition) is 0. The highest BCUT2D eigenvalue weighted by molar-refractivity contribution is 7.07. The van der Waals surface area contributed by atoms with E-state index in [9.17, 15) is 4.79 Å². The number of hydrogen-bond acceptors (Lipinski definition) is 4. The third kappa shape index (κ3) is 3.15. The van der Waals surface area contributed by atoms with Crippen molar-refractivity contribution < 1.29 is 4.79 Å². The maximum atomic E-state index is 12.2. The Morgan fingerprint density at radius 1 is 1.14 bits per heavy atom. The Labute approximate surface area is 136 Å². The molecular formula is C14H13Cl2N3OS. The number of rotatable bonds is 2. The van der Waals surface area contributed by atoms with Crippen LogP contribution in [-0.2, 0) is 0 Å². The summed E-state index contributed by atoms with van der Waals surface area (Å²) in [7, 11) is 0. The summed E-state index contributed by atoms with van der Waals surface area (Å²) in [6, 6.07) is 5.61. The average Bonchev–Trinajstić information content (AvgIpc) is 3.04. The Bertz CT molecular complexity index is 640. The van der Waals surface area contributed by atoms with E-state index < -0.39 is 0 Å². The standard InChI is InChI=1S/C14H13Cl2N3OS/c15-11-2-1-10(7-12(11)16)18-3-5-19(6-4-18)14(20)13-8-21-9-17-13/h1-2,7-9H,3-6H2. The number of aromatic nitrogens is 1. The van der Waals surface area contributed by atoms with Crippen LogP contribution in [0.15, 0.2) is 29.1 Å². The van der Waals surface area contributed by atoms with Gasteiger partial charge in [0.25, 0.3) is 5.91 Å². The molecule has 0 atom stereocenters. The predicted molar refractivity (Wildman–Crippen MR) is 86.7 cm³/mol. The SMILES string of the molecule is O=C(c1cscn1)N1CCN(c2ccc(Cl)c(Cl)c2)CC1. The maximum Gasteiger partial charge on any atom is 0.273 e. The van der Waals surface area contributed by atoms with Gasteiger partial charge < -0.3 is 9.80 Å². The fraction of sp³-hybridized carbons (Fsp3) is 0.286. The molecule has 0 N–H and O–H groups in total. The molecule has 1 aromatic carbocycles. The number of carbonyl (C=O) groups is 1. The summed E-state index contributed by atoms with van der Waals surface area (Å²) in [5.41, 5.74) is 3.24. The van der Waals surface area contributed by atoms with Gasteiger partial charge in [-0.25, -0.2) is 4.98 Å². The maximum absolute atomic E-state index is 12.2. The highest BCUT2D eigenvalue weighted by Crippen LogP contribution is 2.27. The van der Waals surface area contributed by atoms with E-state index in [0.717, 1.165) is 18.8 Å². The van der Waals surface area contributed by atoms with Crippen molar-refractivity contribution in [1.82, 2.24) is 9.88 Å². The number of amides is 1. The van der Waals surface area contributed by atoms with Crippen molar-refractivity contribution in [3.05, 3.63) is 44.8 Å². The molecule has 0 saturated carbocycles. The summed E-state index contributed by atoms with van der Waals surface area (Å²) >= 11 is 13.4. The lowest BCUT2D eigenvalue weighted by atomic mass is 10.2. The van der Waals surface area contributed by atoms with E-state index in [1.807, 2.05) is 17.0 Å². The average molecular weight is 342 g/mol. The highest BCUT2D eigenvalue weighted by Gasteiger charge is 2.23. The first-order chi connectivity index (χ1) is 10.1. The molecule has 0 bridgehead atoms. The molecule has 2 aromatic rings. The van der Waals surface area contributed by atoms with Crippen LogP contribution in [0.5, 0.6) is 0 Å². The third-order valence-corrected chi connectivity index (χ3v) is 4.81. The highest BCUT2D eigenvalue weighted by atomic mass is 35.5. The van der Waals surface area contributed by atoms with Crippen LogP contribution in [-0.4, -0.2) is 42.0 Å². The van der Waals surface area contributed by atoms with Crippen LogP contribution < -0.4 is 4.90 Å². The molecule has 1 saturated heterocycles. The quantitative estimate of drug-likeness (QED) is 0.839. The Kier molecular flexibility index (Phi) is 4.33. The second-order valence-corrected chi connectivity index (χ2v) is 6.28. The van der Waals surface area contributed by atoms with Gasteiger partial charge in [0.2, 0.25) is 0 Å². The minimum absolute atomic E-state index is 0.00467. The van der Waals surface area contributed by atoms with E-state index in [4.69, 9.17) is 23.2 Å². The molecule has 3 rings (SSSR count). The van der Waals surface area contributed by atoms with Crippen LogP contribution in [0, 0.1) is 0 Å². The molecule has 110 valence electrons. The van der Waals surface area contributed by atoms with E-state index in [2.05, 4.69) is 9.88 Å². The zero-order valence-corrected chi connectivity index (χ0v) is 13.5. The first-order valence-electron chi connectivity index (χ1n) is 6.52. The topological polar surface area (TPSA) is 36.4 Å². The lowest BCUT2D eigenvalue weighted by molar-refractivity contribution is 0.0741. The van der Waals surface area contributed by atoms with Gasteiger partial charge in [-0.2, -0.15) is 0 Å². The molecule has 0 spiro atoms. The first kappa shape index (κ1) is 14.6. The molecule has 1 aromatic heterocycles. The minimum Gasteiger partial charge on any atom is -0.368 e. The summed E-state index contributed by atoms with van der Waals surface area (Å²) < 4.78 is 0. The van der Waals surface area contributed by atoms with E-state index in [1.165, 1.54) is 11.3 Å². The molecule has 1 amide bonds. The summed E-state index contributed by atoms with van der Waals surface area (Å²) in [6.45, 7) is 2.90. The zero-order chi connectivity index (χ0) is 14.8. The van der Waals surface area contributed by atoms with Crippen molar-refractivity contribution in [2.45, 2.75) is 0 Å². The lowest BCUT2D eigenvalue weighted by Gasteiger charge is -2.36. The monoisotopic (exact) mass is 341 g/mol. The van der Waals surface area contributed by atoms with Crippen LogP contribution in [0.3, 0.4) is 0 Å². The number of nitrogens with zero attached hydrogens (tertiary/aromatic N) is 3. The van der Waals surface area contributed by atoms with Crippen LogP contribution in [0.4, 0.5) is 5.69 Å².